The number of alkyl halides is 6. The molecule has 5 aromatic rings. The predicted molar refractivity (Wildman–Crippen MR) is 127 cm³/mol. The summed E-state index contributed by atoms with van der Waals surface area (Å²) >= 11 is 0. The molecule has 0 radical (unpaired) electrons. The Morgan fingerprint density at radius 2 is 1.57 bits per heavy atom. The van der Waals surface area contributed by atoms with E-state index in [9.17, 15) is 26.3 Å². The van der Waals surface area contributed by atoms with E-state index in [-0.39, 0.29) is 22.9 Å². The van der Waals surface area contributed by atoms with Crippen molar-refractivity contribution in [1.82, 2.24) is 19.5 Å². The van der Waals surface area contributed by atoms with E-state index >= 15 is 0 Å². The summed E-state index contributed by atoms with van der Waals surface area (Å²) in [5.74, 6) is 0.573. The van der Waals surface area contributed by atoms with Crippen molar-refractivity contribution in [2.75, 3.05) is 5.32 Å². The van der Waals surface area contributed by atoms with Crippen LogP contribution in [0.3, 0.4) is 0 Å². The van der Waals surface area contributed by atoms with Crippen LogP contribution >= 0.6 is 0 Å². The van der Waals surface area contributed by atoms with E-state index < -0.39 is 23.5 Å². The largest absolute Gasteiger partial charge is 0.418 e. The number of nitrogens with zero attached hydrogens (tertiary/aromatic N) is 4. The van der Waals surface area contributed by atoms with Crippen molar-refractivity contribution in [3.63, 3.8) is 0 Å². The van der Waals surface area contributed by atoms with Crippen molar-refractivity contribution in [3.05, 3.63) is 90.4 Å². The van der Waals surface area contributed by atoms with E-state index in [1.54, 1.807) is 29.1 Å². The first-order chi connectivity index (χ1) is 17.5. The molecule has 5 nitrogen and oxygen atoms in total. The SMILES string of the molecule is Cn1ccc(-c2nc(Nc3ccc(C(F)(F)F)cc3)c3ccc(-c4ncccc4C(F)(F)F)cc3n2)c1. The van der Waals surface area contributed by atoms with Crippen molar-refractivity contribution < 1.29 is 26.3 Å². The number of halogens is 6. The van der Waals surface area contributed by atoms with Crippen LogP contribution in [0.5, 0.6) is 0 Å². The number of fused-ring (bicyclic) bond motifs is 1. The van der Waals surface area contributed by atoms with Gasteiger partial charge in [0.2, 0.25) is 0 Å². The molecule has 0 saturated heterocycles. The van der Waals surface area contributed by atoms with Crippen LogP contribution < -0.4 is 5.32 Å². The van der Waals surface area contributed by atoms with Gasteiger partial charge in [-0.2, -0.15) is 26.3 Å². The zero-order valence-electron chi connectivity index (χ0n) is 19.1. The first kappa shape index (κ1) is 24.3. The lowest BCUT2D eigenvalue weighted by atomic mass is 10.0. The highest BCUT2D eigenvalue weighted by Crippen LogP contribution is 2.37. The van der Waals surface area contributed by atoms with Crippen molar-refractivity contribution in [1.29, 1.82) is 0 Å². The van der Waals surface area contributed by atoms with Gasteiger partial charge in [0, 0.05) is 47.8 Å². The number of aromatic nitrogens is 4. The zero-order chi connectivity index (χ0) is 26.4. The van der Waals surface area contributed by atoms with Gasteiger partial charge in [-0.15, -0.1) is 0 Å². The van der Waals surface area contributed by atoms with E-state index in [1.165, 1.54) is 36.5 Å². The van der Waals surface area contributed by atoms with Crippen LogP contribution in [0.4, 0.5) is 37.8 Å². The first-order valence-electron chi connectivity index (χ1n) is 10.9. The molecule has 0 atom stereocenters. The minimum absolute atomic E-state index is 0.207. The van der Waals surface area contributed by atoms with Crippen LogP contribution in [-0.4, -0.2) is 19.5 Å². The molecule has 0 fully saturated rings. The van der Waals surface area contributed by atoms with E-state index in [0.717, 1.165) is 18.2 Å². The van der Waals surface area contributed by atoms with Gasteiger partial charge in [0.25, 0.3) is 0 Å². The summed E-state index contributed by atoms with van der Waals surface area (Å²) in [7, 11) is 1.81. The Labute approximate surface area is 206 Å². The van der Waals surface area contributed by atoms with Gasteiger partial charge in [-0.3, -0.25) is 4.98 Å². The third kappa shape index (κ3) is 4.97. The van der Waals surface area contributed by atoms with E-state index in [0.29, 0.717) is 22.2 Å². The molecule has 0 aliphatic heterocycles. The molecule has 0 aliphatic carbocycles. The summed E-state index contributed by atoms with van der Waals surface area (Å²) in [5, 5.41) is 3.48. The second-order valence-electron chi connectivity index (χ2n) is 8.29. The second-order valence-corrected chi connectivity index (χ2v) is 8.29. The molecular formula is C26H17F6N5. The number of benzene rings is 2. The lowest BCUT2D eigenvalue weighted by Crippen LogP contribution is -2.08. The Hall–Kier alpha value is -4.41. The zero-order valence-corrected chi connectivity index (χ0v) is 19.1. The van der Waals surface area contributed by atoms with Crippen molar-refractivity contribution in [2.24, 2.45) is 7.05 Å². The maximum atomic E-state index is 13.6. The summed E-state index contributed by atoms with van der Waals surface area (Å²) in [4.78, 5) is 13.1. The molecule has 0 aliphatic rings. The Morgan fingerprint density at radius 3 is 2.22 bits per heavy atom. The Kier molecular flexibility index (Phi) is 5.85. The maximum absolute atomic E-state index is 13.6. The lowest BCUT2D eigenvalue weighted by Gasteiger charge is -2.14. The molecule has 3 heterocycles. The summed E-state index contributed by atoms with van der Waals surface area (Å²) in [6, 6.07) is 12.9. The van der Waals surface area contributed by atoms with Gasteiger partial charge in [-0.05, 0) is 54.6 Å². The third-order valence-corrected chi connectivity index (χ3v) is 5.65. The van der Waals surface area contributed by atoms with Crippen LogP contribution in [0.25, 0.3) is 33.5 Å². The molecule has 37 heavy (non-hydrogen) atoms. The summed E-state index contributed by atoms with van der Waals surface area (Å²) in [5.41, 5.74) is -0.378. The minimum Gasteiger partial charge on any atom is -0.357 e. The Morgan fingerprint density at radius 1 is 0.811 bits per heavy atom. The molecular weight excluding hydrogens is 496 g/mol. The number of hydrogen-bond donors (Lipinski definition) is 1. The average molecular weight is 513 g/mol. The highest BCUT2D eigenvalue weighted by molar-refractivity contribution is 5.94. The Balaban J connectivity index is 1.64. The molecule has 2 aromatic carbocycles. The van der Waals surface area contributed by atoms with Crippen LogP contribution in [0, 0.1) is 0 Å². The van der Waals surface area contributed by atoms with Crippen LogP contribution in [0.2, 0.25) is 0 Å². The summed E-state index contributed by atoms with van der Waals surface area (Å²) in [6.45, 7) is 0. The van der Waals surface area contributed by atoms with Crippen LogP contribution in [0.15, 0.2) is 79.3 Å². The smallest absolute Gasteiger partial charge is 0.357 e. The number of pyridine rings is 1. The standard InChI is InChI=1S/C26H17F6N5/c1-37-12-10-16(14-37)23-35-21-13-15(22-20(26(30,31)32)3-2-11-33-22)4-9-19(21)24(36-23)34-18-7-5-17(6-8-18)25(27,28)29/h2-14H,1H3,(H,34,35,36). The van der Waals surface area contributed by atoms with Gasteiger partial charge in [-0.25, -0.2) is 9.97 Å². The molecule has 1 N–H and O–H groups in total. The van der Waals surface area contributed by atoms with Crippen molar-refractivity contribution >= 4 is 22.4 Å². The number of aryl methyl sites for hydroxylation is 1. The van der Waals surface area contributed by atoms with E-state index in [2.05, 4.69) is 20.3 Å². The number of anilines is 2. The van der Waals surface area contributed by atoms with E-state index in [1.807, 2.05) is 7.05 Å². The average Bonchev–Trinajstić information content (AvgIpc) is 3.29. The van der Waals surface area contributed by atoms with Crippen LogP contribution in [0.1, 0.15) is 11.1 Å². The summed E-state index contributed by atoms with van der Waals surface area (Å²) in [6.07, 6.45) is -4.24. The van der Waals surface area contributed by atoms with Crippen molar-refractivity contribution in [3.8, 4) is 22.6 Å². The highest BCUT2D eigenvalue weighted by Gasteiger charge is 2.34. The third-order valence-electron chi connectivity index (χ3n) is 5.65. The van der Waals surface area contributed by atoms with Gasteiger partial charge in [-0.1, -0.05) is 6.07 Å². The maximum Gasteiger partial charge on any atom is 0.418 e. The quantitative estimate of drug-likeness (QED) is 0.253. The first-order valence-corrected chi connectivity index (χ1v) is 10.9. The molecule has 0 saturated carbocycles. The molecule has 0 bridgehead atoms. The molecule has 188 valence electrons. The molecule has 0 amide bonds. The Bertz CT molecular complexity index is 1590. The van der Waals surface area contributed by atoms with Gasteiger partial charge >= 0.3 is 12.4 Å². The monoisotopic (exact) mass is 513 g/mol. The molecule has 5 rings (SSSR count). The van der Waals surface area contributed by atoms with E-state index in [4.69, 9.17) is 0 Å². The van der Waals surface area contributed by atoms with Crippen molar-refractivity contribution in [2.45, 2.75) is 12.4 Å². The fraction of sp³-hybridized carbons (Fsp3) is 0.115. The molecule has 11 heteroatoms. The highest BCUT2D eigenvalue weighted by atomic mass is 19.4. The number of rotatable bonds is 4. The van der Waals surface area contributed by atoms with Gasteiger partial charge < -0.3 is 9.88 Å². The lowest BCUT2D eigenvalue weighted by molar-refractivity contribution is -0.138. The molecule has 3 aromatic heterocycles. The predicted octanol–water partition coefficient (Wildman–Crippen LogP) is 7.48. The molecule has 0 spiro atoms. The topological polar surface area (TPSA) is 55.6 Å². The summed E-state index contributed by atoms with van der Waals surface area (Å²) < 4.78 is 81.4. The fourth-order valence-electron chi connectivity index (χ4n) is 3.88. The molecule has 0 unspecified atom stereocenters. The minimum atomic E-state index is -4.60. The normalized spacial score (nSPS) is 12.2. The fourth-order valence-corrected chi connectivity index (χ4v) is 3.88. The van der Waals surface area contributed by atoms with Gasteiger partial charge in [0.1, 0.15) is 5.82 Å². The van der Waals surface area contributed by atoms with Crippen LogP contribution in [-0.2, 0) is 19.4 Å². The number of nitrogens with one attached hydrogen (secondary N) is 1. The number of hydrogen-bond acceptors (Lipinski definition) is 4. The van der Waals surface area contributed by atoms with Gasteiger partial charge in [0.05, 0.1) is 22.3 Å². The van der Waals surface area contributed by atoms with Gasteiger partial charge in [0.15, 0.2) is 5.82 Å². The second kappa shape index (κ2) is 8.91.